The molecule has 30 heavy (non-hydrogen) atoms. The fourth-order valence-corrected chi connectivity index (χ4v) is 3.70. The van der Waals surface area contributed by atoms with E-state index in [-0.39, 0.29) is 6.03 Å². The molecule has 152 valence electrons. The number of carbonyl (C=O) groups excluding carboxylic acids is 1. The van der Waals surface area contributed by atoms with Crippen LogP contribution in [0.2, 0.25) is 0 Å². The number of ether oxygens (including phenoxy) is 1. The Kier molecular flexibility index (Phi) is 5.72. The molecule has 0 unspecified atom stereocenters. The predicted octanol–water partition coefficient (Wildman–Crippen LogP) is 5.81. The zero-order valence-electron chi connectivity index (χ0n) is 16.6. The van der Waals surface area contributed by atoms with E-state index in [9.17, 15) is 4.79 Å². The van der Waals surface area contributed by atoms with Gasteiger partial charge in [-0.2, -0.15) is 0 Å². The van der Waals surface area contributed by atoms with Crippen molar-refractivity contribution in [2.45, 2.75) is 13.5 Å². The van der Waals surface area contributed by atoms with Gasteiger partial charge in [-0.3, -0.25) is 4.98 Å². The standard InChI is InChI=1S/C23H21BrN4O2/c1-15-12-22(30-2)20(13-18(15)24)27-23(29)26-19-4-3-5-21-17(19)8-11-28(21)14-16-6-9-25-10-7-16/h3-13H,14H2,1-2H3,(H2,26,27,29). The molecule has 0 saturated carbocycles. The smallest absolute Gasteiger partial charge is 0.323 e. The molecule has 2 amide bonds. The summed E-state index contributed by atoms with van der Waals surface area (Å²) in [6.45, 7) is 2.70. The lowest BCUT2D eigenvalue weighted by Crippen LogP contribution is -2.20. The molecule has 0 atom stereocenters. The highest BCUT2D eigenvalue weighted by atomic mass is 79.9. The van der Waals surface area contributed by atoms with E-state index in [0.29, 0.717) is 11.4 Å². The Hall–Kier alpha value is -3.32. The largest absolute Gasteiger partial charge is 0.495 e. The number of aryl methyl sites for hydroxylation is 1. The van der Waals surface area contributed by atoms with E-state index < -0.39 is 0 Å². The first-order valence-corrected chi connectivity index (χ1v) is 10.2. The van der Waals surface area contributed by atoms with Crippen LogP contribution in [0.1, 0.15) is 11.1 Å². The first-order chi connectivity index (χ1) is 14.5. The molecule has 7 heteroatoms. The van der Waals surface area contributed by atoms with Gasteiger partial charge in [-0.1, -0.05) is 22.0 Å². The number of methoxy groups -OCH3 is 1. The van der Waals surface area contributed by atoms with Crippen LogP contribution < -0.4 is 15.4 Å². The minimum Gasteiger partial charge on any atom is -0.495 e. The van der Waals surface area contributed by atoms with Gasteiger partial charge in [0.1, 0.15) is 5.75 Å². The van der Waals surface area contributed by atoms with Gasteiger partial charge in [-0.05, 0) is 60.5 Å². The van der Waals surface area contributed by atoms with E-state index in [1.165, 1.54) is 0 Å². The summed E-state index contributed by atoms with van der Waals surface area (Å²) in [6, 6.07) is 15.2. The number of nitrogens with zero attached hydrogens (tertiary/aromatic N) is 2. The Labute approximate surface area is 183 Å². The molecular formula is C23H21BrN4O2. The van der Waals surface area contributed by atoms with Crippen LogP contribution >= 0.6 is 15.9 Å². The van der Waals surface area contributed by atoms with Crippen molar-refractivity contribution in [3.05, 3.63) is 82.7 Å². The second-order valence-corrected chi connectivity index (χ2v) is 7.77. The van der Waals surface area contributed by atoms with Crippen LogP contribution in [-0.2, 0) is 6.54 Å². The molecule has 2 aromatic carbocycles. The molecule has 2 aromatic heterocycles. The van der Waals surface area contributed by atoms with Crippen LogP contribution in [0.4, 0.5) is 16.2 Å². The van der Waals surface area contributed by atoms with Crippen LogP contribution in [0.3, 0.4) is 0 Å². The first-order valence-electron chi connectivity index (χ1n) is 9.44. The number of rotatable bonds is 5. The van der Waals surface area contributed by atoms with Gasteiger partial charge in [0.2, 0.25) is 0 Å². The average Bonchev–Trinajstić information content (AvgIpc) is 3.15. The third-order valence-corrected chi connectivity index (χ3v) is 5.75. The summed E-state index contributed by atoms with van der Waals surface area (Å²) in [6.07, 6.45) is 5.60. The van der Waals surface area contributed by atoms with Gasteiger partial charge in [-0.15, -0.1) is 0 Å². The Balaban J connectivity index is 1.56. The molecule has 0 saturated heterocycles. The summed E-state index contributed by atoms with van der Waals surface area (Å²) >= 11 is 3.49. The molecule has 2 N–H and O–H groups in total. The van der Waals surface area contributed by atoms with Gasteiger partial charge >= 0.3 is 6.03 Å². The topological polar surface area (TPSA) is 68.2 Å². The molecule has 4 rings (SSSR count). The van der Waals surface area contributed by atoms with Crippen LogP contribution in [-0.4, -0.2) is 22.7 Å². The molecule has 4 aromatic rings. The second-order valence-electron chi connectivity index (χ2n) is 6.92. The molecule has 0 spiro atoms. The number of pyridine rings is 1. The zero-order valence-corrected chi connectivity index (χ0v) is 18.2. The Bertz CT molecular complexity index is 1200. The molecule has 0 fully saturated rings. The quantitative estimate of drug-likeness (QED) is 0.391. The first kappa shape index (κ1) is 20.0. The lowest BCUT2D eigenvalue weighted by Gasteiger charge is -2.14. The van der Waals surface area contributed by atoms with Crippen molar-refractivity contribution < 1.29 is 9.53 Å². The monoisotopic (exact) mass is 464 g/mol. The van der Waals surface area contributed by atoms with Crippen molar-refractivity contribution in [1.29, 1.82) is 0 Å². The van der Waals surface area contributed by atoms with E-state index in [1.54, 1.807) is 19.5 Å². The van der Waals surface area contributed by atoms with Crippen molar-refractivity contribution in [2.75, 3.05) is 17.7 Å². The molecule has 0 bridgehead atoms. The summed E-state index contributed by atoms with van der Waals surface area (Å²) in [7, 11) is 1.58. The predicted molar refractivity (Wildman–Crippen MR) is 123 cm³/mol. The number of hydrogen-bond donors (Lipinski definition) is 2. The Morgan fingerprint density at radius 2 is 1.87 bits per heavy atom. The molecule has 0 aliphatic heterocycles. The maximum atomic E-state index is 12.7. The van der Waals surface area contributed by atoms with Gasteiger partial charge in [0.15, 0.2) is 0 Å². The lowest BCUT2D eigenvalue weighted by molar-refractivity contribution is 0.262. The number of amides is 2. The third kappa shape index (κ3) is 4.16. The molecule has 0 aliphatic carbocycles. The van der Waals surface area contributed by atoms with Crippen molar-refractivity contribution in [1.82, 2.24) is 9.55 Å². The van der Waals surface area contributed by atoms with Gasteiger partial charge in [0, 0.05) is 35.0 Å². The maximum Gasteiger partial charge on any atom is 0.323 e. The second kappa shape index (κ2) is 8.59. The Morgan fingerprint density at radius 3 is 2.63 bits per heavy atom. The summed E-state index contributed by atoms with van der Waals surface area (Å²) in [5.74, 6) is 0.604. The van der Waals surface area contributed by atoms with Gasteiger partial charge < -0.3 is 19.9 Å². The fraction of sp³-hybridized carbons (Fsp3) is 0.130. The third-order valence-electron chi connectivity index (χ3n) is 4.89. The van der Waals surface area contributed by atoms with Crippen LogP contribution in [0.15, 0.2) is 71.6 Å². The van der Waals surface area contributed by atoms with Gasteiger partial charge in [0.25, 0.3) is 0 Å². The highest BCUT2D eigenvalue weighted by Crippen LogP contribution is 2.31. The van der Waals surface area contributed by atoms with E-state index in [1.807, 2.05) is 61.7 Å². The van der Waals surface area contributed by atoms with Gasteiger partial charge in [0.05, 0.1) is 24.0 Å². The lowest BCUT2D eigenvalue weighted by atomic mass is 10.2. The van der Waals surface area contributed by atoms with Crippen molar-refractivity contribution in [2.24, 2.45) is 0 Å². The van der Waals surface area contributed by atoms with Crippen molar-refractivity contribution in [3.8, 4) is 5.75 Å². The number of aromatic nitrogens is 2. The van der Waals surface area contributed by atoms with Crippen molar-refractivity contribution in [3.63, 3.8) is 0 Å². The summed E-state index contributed by atoms with van der Waals surface area (Å²) < 4.78 is 8.44. The highest BCUT2D eigenvalue weighted by molar-refractivity contribution is 9.10. The average molecular weight is 465 g/mol. The van der Waals surface area contributed by atoms with Crippen LogP contribution in [0.5, 0.6) is 5.75 Å². The van der Waals surface area contributed by atoms with Crippen LogP contribution in [0.25, 0.3) is 10.9 Å². The SMILES string of the molecule is COc1cc(C)c(Br)cc1NC(=O)Nc1cccc2c1ccn2Cc1ccncc1. The minimum atomic E-state index is -0.335. The Morgan fingerprint density at radius 1 is 1.10 bits per heavy atom. The number of fused-ring (bicyclic) bond motifs is 1. The molecule has 0 radical (unpaired) electrons. The molecule has 2 heterocycles. The molecular weight excluding hydrogens is 444 g/mol. The summed E-state index contributed by atoms with van der Waals surface area (Å²) in [5, 5.41) is 6.79. The number of nitrogens with one attached hydrogen (secondary N) is 2. The minimum absolute atomic E-state index is 0.335. The fourth-order valence-electron chi connectivity index (χ4n) is 3.35. The number of halogens is 1. The zero-order chi connectivity index (χ0) is 21.1. The van der Waals surface area contributed by atoms with E-state index in [0.717, 1.165) is 38.7 Å². The van der Waals surface area contributed by atoms with Gasteiger partial charge in [-0.25, -0.2) is 4.79 Å². The number of anilines is 2. The van der Waals surface area contributed by atoms with Crippen LogP contribution in [0, 0.1) is 6.92 Å². The normalized spacial score (nSPS) is 10.8. The number of hydrogen-bond acceptors (Lipinski definition) is 3. The van der Waals surface area contributed by atoms with E-state index in [4.69, 9.17) is 4.74 Å². The summed E-state index contributed by atoms with van der Waals surface area (Å²) in [5.41, 5.74) is 4.56. The number of benzene rings is 2. The summed E-state index contributed by atoms with van der Waals surface area (Å²) in [4.78, 5) is 16.7. The molecule has 0 aliphatic rings. The van der Waals surface area contributed by atoms with E-state index >= 15 is 0 Å². The number of carbonyl (C=O) groups is 1. The highest BCUT2D eigenvalue weighted by Gasteiger charge is 2.12. The van der Waals surface area contributed by atoms with E-state index in [2.05, 4.69) is 36.1 Å². The molecule has 6 nitrogen and oxygen atoms in total. The maximum absolute atomic E-state index is 12.7. The van der Waals surface area contributed by atoms with Crippen molar-refractivity contribution >= 4 is 44.2 Å². The number of urea groups is 1.